The first-order valence-corrected chi connectivity index (χ1v) is 7.66. The van der Waals surface area contributed by atoms with Crippen LogP contribution in [-0.2, 0) is 0 Å². The largest absolute Gasteiger partial charge is 0.309 e. The molecule has 1 rings (SSSR count). The van der Waals surface area contributed by atoms with E-state index in [1.54, 1.807) is 4.88 Å². The first kappa shape index (κ1) is 14.7. The van der Waals surface area contributed by atoms with Crippen LogP contribution in [0.5, 0.6) is 0 Å². The fraction of sp³-hybridized carbons (Fsp3) is 0.733. The van der Waals surface area contributed by atoms with Crippen molar-refractivity contribution in [2.24, 2.45) is 5.92 Å². The normalized spacial score (nSPS) is 13.3. The van der Waals surface area contributed by atoms with Gasteiger partial charge in [0.15, 0.2) is 0 Å². The molecule has 1 aromatic heterocycles. The lowest BCUT2D eigenvalue weighted by molar-refractivity contribution is 0.444. The lowest BCUT2D eigenvalue weighted by Crippen LogP contribution is -2.22. The van der Waals surface area contributed by atoms with Gasteiger partial charge < -0.3 is 5.32 Å². The minimum atomic E-state index is 0.566. The lowest BCUT2D eigenvalue weighted by Gasteiger charge is -2.19. The fourth-order valence-electron chi connectivity index (χ4n) is 2.15. The van der Waals surface area contributed by atoms with Crippen LogP contribution in [0.25, 0.3) is 0 Å². The highest BCUT2D eigenvalue weighted by atomic mass is 32.1. The van der Waals surface area contributed by atoms with Crippen molar-refractivity contribution in [3.63, 3.8) is 0 Å². The summed E-state index contributed by atoms with van der Waals surface area (Å²) in [5.41, 5.74) is 1.46. The van der Waals surface area contributed by atoms with Crippen molar-refractivity contribution in [3.8, 4) is 0 Å². The molecule has 0 aromatic carbocycles. The minimum Gasteiger partial charge on any atom is -0.309 e. The van der Waals surface area contributed by atoms with Crippen molar-refractivity contribution in [2.75, 3.05) is 6.54 Å². The Bertz CT molecular complexity index is 328. The van der Waals surface area contributed by atoms with Crippen LogP contribution in [-0.4, -0.2) is 6.54 Å². The zero-order valence-electron chi connectivity index (χ0n) is 12.0. The summed E-state index contributed by atoms with van der Waals surface area (Å²) in [7, 11) is 0. The number of hydrogen-bond acceptors (Lipinski definition) is 2. The highest BCUT2D eigenvalue weighted by molar-refractivity contribution is 7.12. The summed E-state index contributed by atoms with van der Waals surface area (Å²) in [4.78, 5) is 2.99. The van der Waals surface area contributed by atoms with Gasteiger partial charge >= 0.3 is 0 Å². The molecule has 1 atom stereocenters. The Morgan fingerprint density at radius 1 is 1.24 bits per heavy atom. The standard InChI is InChI=1S/C15H27NS/c1-6-9-16-14(8-7-11(2)3)15-12(4)10-13(5)17-15/h10-11,14,16H,6-9H2,1-5H3. The van der Waals surface area contributed by atoms with Crippen molar-refractivity contribution in [2.45, 2.75) is 59.9 Å². The Morgan fingerprint density at radius 2 is 1.94 bits per heavy atom. The molecule has 0 amide bonds. The van der Waals surface area contributed by atoms with E-state index >= 15 is 0 Å². The van der Waals surface area contributed by atoms with Gasteiger partial charge in [0.05, 0.1) is 0 Å². The minimum absolute atomic E-state index is 0.566. The molecule has 0 radical (unpaired) electrons. The second-order valence-corrected chi connectivity index (χ2v) is 6.67. The predicted molar refractivity (Wildman–Crippen MR) is 78.9 cm³/mol. The van der Waals surface area contributed by atoms with Crippen molar-refractivity contribution < 1.29 is 0 Å². The van der Waals surface area contributed by atoms with Crippen molar-refractivity contribution >= 4 is 11.3 Å². The van der Waals surface area contributed by atoms with E-state index in [2.05, 4.69) is 46.0 Å². The molecule has 1 nitrogen and oxygen atoms in total. The molecule has 98 valence electrons. The molecule has 0 saturated carbocycles. The van der Waals surface area contributed by atoms with Crippen LogP contribution < -0.4 is 5.32 Å². The molecule has 0 aliphatic heterocycles. The van der Waals surface area contributed by atoms with E-state index < -0.39 is 0 Å². The van der Waals surface area contributed by atoms with Gasteiger partial charge in [-0.15, -0.1) is 11.3 Å². The van der Waals surface area contributed by atoms with Gasteiger partial charge in [0, 0.05) is 15.8 Å². The molecule has 0 fully saturated rings. The summed E-state index contributed by atoms with van der Waals surface area (Å²) in [5, 5.41) is 3.71. The van der Waals surface area contributed by atoms with E-state index in [1.165, 1.54) is 29.7 Å². The average molecular weight is 253 g/mol. The Hall–Kier alpha value is -0.340. The zero-order chi connectivity index (χ0) is 12.8. The summed E-state index contributed by atoms with van der Waals surface area (Å²) in [6, 6.07) is 2.88. The summed E-state index contributed by atoms with van der Waals surface area (Å²) in [6.45, 7) is 12.4. The number of rotatable bonds is 7. The second-order valence-electron chi connectivity index (χ2n) is 5.38. The highest BCUT2D eigenvalue weighted by Crippen LogP contribution is 2.31. The van der Waals surface area contributed by atoms with Gasteiger partial charge in [0.25, 0.3) is 0 Å². The second kappa shape index (κ2) is 7.17. The smallest absolute Gasteiger partial charge is 0.0417 e. The Kier molecular flexibility index (Phi) is 6.21. The maximum atomic E-state index is 3.71. The molecule has 0 aliphatic rings. The van der Waals surface area contributed by atoms with Gasteiger partial charge in [0.1, 0.15) is 0 Å². The van der Waals surface area contributed by atoms with Crippen LogP contribution in [0.1, 0.15) is 61.4 Å². The molecule has 1 N–H and O–H groups in total. The third kappa shape index (κ3) is 4.81. The monoisotopic (exact) mass is 253 g/mol. The van der Waals surface area contributed by atoms with Crippen molar-refractivity contribution in [1.29, 1.82) is 0 Å². The van der Waals surface area contributed by atoms with E-state index in [9.17, 15) is 0 Å². The van der Waals surface area contributed by atoms with Crippen LogP contribution in [0.3, 0.4) is 0 Å². The zero-order valence-corrected chi connectivity index (χ0v) is 12.8. The van der Waals surface area contributed by atoms with E-state index in [-0.39, 0.29) is 0 Å². The molecule has 1 aromatic rings. The molecule has 1 unspecified atom stereocenters. The van der Waals surface area contributed by atoms with E-state index in [4.69, 9.17) is 0 Å². The SMILES string of the molecule is CCCNC(CCC(C)C)c1sc(C)cc1C. The molecule has 0 bridgehead atoms. The summed E-state index contributed by atoms with van der Waals surface area (Å²) >= 11 is 1.96. The lowest BCUT2D eigenvalue weighted by atomic mass is 10.0. The fourth-order valence-corrected chi connectivity index (χ4v) is 3.30. The third-order valence-corrected chi connectivity index (χ3v) is 4.34. The summed E-state index contributed by atoms with van der Waals surface area (Å²) in [5.74, 6) is 0.794. The Labute approximate surface area is 111 Å². The van der Waals surface area contributed by atoms with Gasteiger partial charge in [-0.2, -0.15) is 0 Å². The molecule has 17 heavy (non-hydrogen) atoms. The average Bonchev–Trinajstić information content (AvgIpc) is 2.58. The Balaban J connectivity index is 2.70. The summed E-state index contributed by atoms with van der Waals surface area (Å²) < 4.78 is 0. The van der Waals surface area contributed by atoms with E-state index in [0.29, 0.717) is 6.04 Å². The van der Waals surface area contributed by atoms with Crippen molar-refractivity contribution in [1.82, 2.24) is 5.32 Å². The summed E-state index contributed by atoms with van der Waals surface area (Å²) in [6.07, 6.45) is 3.78. The van der Waals surface area contributed by atoms with Crippen LogP contribution in [0.2, 0.25) is 0 Å². The maximum Gasteiger partial charge on any atom is 0.0417 e. The van der Waals surface area contributed by atoms with Gasteiger partial charge in [-0.25, -0.2) is 0 Å². The van der Waals surface area contributed by atoms with E-state index in [1.807, 2.05) is 11.3 Å². The van der Waals surface area contributed by atoms with Crippen LogP contribution >= 0.6 is 11.3 Å². The first-order chi connectivity index (χ1) is 8.04. The Morgan fingerprint density at radius 3 is 2.41 bits per heavy atom. The van der Waals surface area contributed by atoms with Gasteiger partial charge in [0.2, 0.25) is 0 Å². The molecule has 1 heterocycles. The molecule has 0 spiro atoms. The molecule has 2 heteroatoms. The molecule has 0 saturated heterocycles. The van der Waals surface area contributed by atoms with Crippen molar-refractivity contribution in [3.05, 3.63) is 21.4 Å². The number of nitrogens with one attached hydrogen (secondary N) is 1. The quantitative estimate of drug-likeness (QED) is 0.733. The van der Waals surface area contributed by atoms with Crippen LogP contribution in [0, 0.1) is 19.8 Å². The molecular weight excluding hydrogens is 226 g/mol. The van der Waals surface area contributed by atoms with E-state index in [0.717, 1.165) is 12.5 Å². The topological polar surface area (TPSA) is 12.0 Å². The van der Waals surface area contributed by atoms with Gasteiger partial charge in [-0.1, -0.05) is 20.8 Å². The first-order valence-electron chi connectivity index (χ1n) is 6.84. The molecule has 0 aliphatic carbocycles. The van der Waals surface area contributed by atoms with Gasteiger partial charge in [-0.3, -0.25) is 0 Å². The predicted octanol–water partition coefficient (Wildman–Crippen LogP) is 4.84. The highest BCUT2D eigenvalue weighted by Gasteiger charge is 2.15. The maximum absolute atomic E-state index is 3.71. The van der Waals surface area contributed by atoms with Crippen LogP contribution in [0.15, 0.2) is 6.07 Å². The third-order valence-electron chi connectivity index (χ3n) is 3.07. The van der Waals surface area contributed by atoms with Crippen LogP contribution in [0.4, 0.5) is 0 Å². The van der Waals surface area contributed by atoms with Gasteiger partial charge in [-0.05, 0) is 57.2 Å². The number of thiophene rings is 1. The molecular formula is C15H27NS. The number of aryl methyl sites for hydroxylation is 2. The number of hydrogen-bond donors (Lipinski definition) is 1.